The van der Waals surface area contributed by atoms with Gasteiger partial charge >= 0.3 is 5.76 Å². The van der Waals surface area contributed by atoms with Gasteiger partial charge in [0.1, 0.15) is 6.54 Å². The van der Waals surface area contributed by atoms with Crippen LogP contribution in [0.1, 0.15) is 0 Å². The predicted octanol–water partition coefficient (Wildman–Crippen LogP) is 2.50. The van der Waals surface area contributed by atoms with Crippen LogP contribution in [-0.4, -0.2) is 46.5 Å². The lowest BCUT2D eigenvalue weighted by Crippen LogP contribution is -2.50. The van der Waals surface area contributed by atoms with Crippen molar-refractivity contribution in [2.45, 2.75) is 6.54 Å². The smallest absolute Gasteiger partial charge is 0.407 e. The average Bonchev–Trinajstić information content (AvgIpc) is 3.03. The molecule has 3 aromatic rings. The van der Waals surface area contributed by atoms with Crippen molar-refractivity contribution in [1.82, 2.24) is 9.47 Å². The Kier molecular flexibility index (Phi) is 4.98. The van der Waals surface area contributed by atoms with Crippen molar-refractivity contribution < 1.29 is 14.1 Å². The second-order valence-electron chi connectivity index (χ2n) is 6.71. The van der Waals surface area contributed by atoms with Crippen LogP contribution in [-0.2, 0) is 11.3 Å². The van der Waals surface area contributed by atoms with E-state index in [1.807, 2.05) is 24.3 Å². The first-order valence-electron chi connectivity index (χ1n) is 8.98. The zero-order valence-corrected chi connectivity index (χ0v) is 16.0. The highest BCUT2D eigenvalue weighted by atomic mass is 35.5. The lowest BCUT2D eigenvalue weighted by molar-refractivity contribution is -0.384. The number of hydrogen-bond donors (Lipinski definition) is 0. The summed E-state index contributed by atoms with van der Waals surface area (Å²) in [7, 11) is 0. The van der Waals surface area contributed by atoms with Gasteiger partial charge in [0.25, 0.3) is 5.69 Å². The molecule has 2 aromatic carbocycles. The average molecular weight is 417 g/mol. The van der Waals surface area contributed by atoms with Gasteiger partial charge in [-0.05, 0) is 30.3 Å². The standard InChI is InChI=1S/C19H17ClN4O5/c20-13-1-3-14(4-2-13)21-7-9-22(10-8-21)18(25)12-23-16-6-5-15(24(27)28)11-17(16)29-19(23)26/h1-6,11H,7-10,12H2. The van der Waals surface area contributed by atoms with Crippen LogP contribution in [0, 0.1) is 10.1 Å². The molecule has 0 spiro atoms. The third-order valence-electron chi connectivity index (χ3n) is 4.98. The highest BCUT2D eigenvalue weighted by molar-refractivity contribution is 6.30. The second kappa shape index (κ2) is 7.59. The number of aromatic nitrogens is 1. The zero-order chi connectivity index (χ0) is 20.5. The van der Waals surface area contributed by atoms with Crippen LogP contribution in [0.2, 0.25) is 5.02 Å². The monoisotopic (exact) mass is 416 g/mol. The van der Waals surface area contributed by atoms with E-state index in [2.05, 4.69) is 4.90 Å². The minimum Gasteiger partial charge on any atom is -0.407 e. The van der Waals surface area contributed by atoms with Crippen LogP contribution < -0.4 is 10.7 Å². The van der Waals surface area contributed by atoms with Crippen LogP contribution in [0.25, 0.3) is 11.1 Å². The van der Waals surface area contributed by atoms with Gasteiger partial charge in [0.15, 0.2) is 5.58 Å². The molecule has 0 bridgehead atoms. The Balaban J connectivity index is 1.45. The minimum atomic E-state index is -0.714. The summed E-state index contributed by atoms with van der Waals surface area (Å²) in [6.07, 6.45) is 0. The molecule has 0 unspecified atom stereocenters. The Morgan fingerprint density at radius 1 is 1.10 bits per heavy atom. The molecule has 29 heavy (non-hydrogen) atoms. The van der Waals surface area contributed by atoms with E-state index in [9.17, 15) is 19.7 Å². The number of fused-ring (bicyclic) bond motifs is 1. The highest BCUT2D eigenvalue weighted by Gasteiger charge is 2.23. The van der Waals surface area contributed by atoms with Gasteiger partial charge < -0.3 is 14.2 Å². The molecule has 1 aliphatic rings. The van der Waals surface area contributed by atoms with E-state index < -0.39 is 10.7 Å². The number of non-ortho nitro benzene ring substituents is 1. The summed E-state index contributed by atoms with van der Waals surface area (Å²) in [6.45, 7) is 2.21. The van der Waals surface area contributed by atoms with Crippen LogP contribution in [0.4, 0.5) is 11.4 Å². The van der Waals surface area contributed by atoms with Crippen LogP contribution >= 0.6 is 11.6 Å². The number of halogens is 1. The fourth-order valence-corrected chi connectivity index (χ4v) is 3.55. The third kappa shape index (κ3) is 3.81. The molecule has 9 nitrogen and oxygen atoms in total. The lowest BCUT2D eigenvalue weighted by Gasteiger charge is -2.36. The summed E-state index contributed by atoms with van der Waals surface area (Å²) >= 11 is 5.92. The molecule has 0 radical (unpaired) electrons. The first kappa shape index (κ1) is 19.0. The van der Waals surface area contributed by atoms with Crippen molar-refractivity contribution in [2.75, 3.05) is 31.1 Å². The maximum Gasteiger partial charge on any atom is 0.420 e. The summed E-state index contributed by atoms with van der Waals surface area (Å²) in [5.74, 6) is -0.919. The van der Waals surface area contributed by atoms with Gasteiger partial charge in [-0.1, -0.05) is 11.6 Å². The molecule has 1 fully saturated rings. The van der Waals surface area contributed by atoms with E-state index in [0.29, 0.717) is 36.7 Å². The molecule has 4 rings (SSSR count). The van der Waals surface area contributed by atoms with Crippen molar-refractivity contribution in [2.24, 2.45) is 0 Å². The van der Waals surface area contributed by atoms with Crippen molar-refractivity contribution >= 4 is 40.0 Å². The molecule has 10 heteroatoms. The number of hydrogen-bond acceptors (Lipinski definition) is 6. The number of nitro benzene ring substituents is 1. The van der Waals surface area contributed by atoms with Gasteiger partial charge in [-0.2, -0.15) is 0 Å². The van der Waals surface area contributed by atoms with E-state index in [1.54, 1.807) is 4.90 Å². The van der Waals surface area contributed by atoms with Crippen molar-refractivity contribution in [3.05, 3.63) is 68.2 Å². The number of benzene rings is 2. The van der Waals surface area contributed by atoms with Gasteiger partial charge in [0, 0.05) is 43.0 Å². The lowest BCUT2D eigenvalue weighted by atomic mass is 10.2. The van der Waals surface area contributed by atoms with E-state index in [0.717, 1.165) is 5.69 Å². The van der Waals surface area contributed by atoms with Crippen LogP contribution in [0.3, 0.4) is 0 Å². The maximum absolute atomic E-state index is 12.7. The summed E-state index contributed by atoms with van der Waals surface area (Å²) in [5.41, 5.74) is 1.31. The predicted molar refractivity (Wildman–Crippen MR) is 107 cm³/mol. The maximum atomic E-state index is 12.7. The van der Waals surface area contributed by atoms with E-state index >= 15 is 0 Å². The molecule has 1 saturated heterocycles. The molecule has 2 heterocycles. The van der Waals surface area contributed by atoms with Gasteiger partial charge in [0.2, 0.25) is 5.91 Å². The third-order valence-corrected chi connectivity index (χ3v) is 5.23. The molecule has 150 valence electrons. The van der Waals surface area contributed by atoms with Gasteiger partial charge in [0.05, 0.1) is 16.5 Å². The summed E-state index contributed by atoms with van der Waals surface area (Å²) in [6, 6.07) is 11.4. The number of piperazine rings is 1. The number of rotatable bonds is 4. The first-order valence-corrected chi connectivity index (χ1v) is 9.36. The van der Waals surface area contributed by atoms with Crippen molar-refractivity contribution in [3.8, 4) is 0 Å². The number of carbonyl (C=O) groups excluding carboxylic acids is 1. The minimum absolute atomic E-state index is 0.0876. The molecule has 0 N–H and O–H groups in total. The fraction of sp³-hybridized carbons (Fsp3) is 0.263. The largest absolute Gasteiger partial charge is 0.420 e. The molecule has 0 atom stereocenters. The number of carbonyl (C=O) groups is 1. The Labute approximate surface area is 169 Å². The van der Waals surface area contributed by atoms with E-state index in [1.165, 1.54) is 22.8 Å². The van der Waals surface area contributed by atoms with E-state index in [4.69, 9.17) is 16.0 Å². The van der Waals surface area contributed by atoms with Gasteiger partial charge in [-0.15, -0.1) is 0 Å². The number of nitrogens with zero attached hydrogens (tertiary/aromatic N) is 4. The summed E-state index contributed by atoms with van der Waals surface area (Å²) in [4.78, 5) is 39.0. The Hall–Kier alpha value is -3.33. The molecule has 1 aliphatic heterocycles. The molecule has 0 aliphatic carbocycles. The Bertz CT molecular complexity index is 1130. The number of amides is 1. The first-order chi connectivity index (χ1) is 13.9. The Morgan fingerprint density at radius 3 is 2.45 bits per heavy atom. The summed E-state index contributed by atoms with van der Waals surface area (Å²) in [5, 5.41) is 11.5. The quantitative estimate of drug-likeness (QED) is 0.478. The number of nitro groups is 1. The molecular weight excluding hydrogens is 400 g/mol. The van der Waals surface area contributed by atoms with Crippen LogP contribution in [0.15, 0.2) is 51.7 Å². The topological polar surface area (TPSA) is 102 Å². The van der Waals surface area contributed by atoms with Gasteiger partial charge in [-0.25, -0.2) is 4.79 Å². The number of anilines is 1. The second-order valence-corrected chi connectivity index (χ2v) is 7.14. The molecule has 1 amide bonds. The Morgan fingerprint density at radius 2 is 1.79 bits per heavy atom. The normalized spacial score (nSPS) is 14.4. The SMILES string of the molecule is O=C(Cn1c(=O)oc2cc([N+](=O)[O-])ccc21)N1CCN(c2ccc(Cl)cc2)CC1. The molecule has 0 saturated carbocycles. The van der Waals surface area contributed by atoms with Crippen molar-refractivity contribution in [3.63, 3.8) is 0 Å². The fourth-order valence-electron chi connectivity index (χ4n) is 3.42. The van der Waals surface area contributed by atoms with Gasteiger partial charge in [-0.3, -0.25) is 19.5 Å². The van der Waals surface area contributed by atoms with Crippen molar-refractivity contribution in [1.29, 1.82) is 0 Å². The van der Waals surface area contributed by atoms with Crippen LogP contribution in [0.5, 0.6) is 0 Å². The number of oxazole rings is 1. The summed E-state index contributed by atoms with van der Waals surface area (Å²) < 4.78 is 6.28. The molecular formula is C19H17ClN4O5. The highest BCUT2D eigenvalue weighted by Crippen LogP contribution is 2.21. The zero-order valence-electron chi connectivity index (χ0n) is 15.3. The van der Waals surface area contributed by atoms with E-state index in [-0.39, 0.29) is 23.7 Å². The molecule has 1 aromatic heterocycles.